The number of hydrogen-bond acceptors (Lipinski definition) is 1. The maximum Gasteiger partial charge on any atom is 0.438 e. The number of halogens is 8. The first-order valence-corrected chi connectivity index (χ1v) is 5.09. The zero-order valence-electron chi connectivity index (χ0n) is 6.50. The van der Waals surface area contributed by atoms with Gasteiger partial charge in [-0.25, -0.2) is 0 Å². The van der Waals surface area contributed by atoms with Crippen LogP contribution in [0.1, 0.15) is 0 Å². The van der Waals surface area contributed by atoms with Crippen LogP contribution in [0.4, 0.5) is 26.3 Å². The van der Waals surface area contributed by atoms with E-state index in [1.807, 2.05) is 0 Å². The van der Waals surface area contributed by atoms with Gasteiger partial charge < -0.3 is 0 Å². The van der Waals surface area contributed by atoms with Crippen molar-refractivity contribution in [3.63, 3.8) is 0 Å². The second kappa shape index (κ2) is 4.64. The minimum atomic E-state index is -5.40. The molecule has 0 spiro atoms. The summed E-state index contributed by atoms with van der Waals surface area (Å²) in [5, 5.41) is 0. The van der Waals surface area contributed by atoms with Crippen LogP contribution in [0.25, 0.3) is 0 Å². The van der Waals surface area contributed by atoms with Gasteiger partial charge in [0.15, 0.2) is 8.07 Å². The highest BCUT2D eigenvalue weighted by molar-refractivity contribution is 7.61. The molecule has 0 saturated heterocycles. The Hall–Kier alpha value is 0.615. The van der Waals surface area contributed by atoms with Crippen LogP contribution in [0.15, 0.2) is 0 Å². The van der Waals surface area contributed by atoms with E-state index in [0.29, 0.717) is 7.05 Å². The molecule has 0 heterocycles. The van der Waals surface area contributed by atoms with Crippen LogP contribution in [0.2, 0.25) is 0 Å². The molecule has 0 aromatic rings. The normalized spacial score (nSPS) is 13.9. The van der Waals surface area contributed by atoms with E-state index in [2.05, 4.69) is 0 Å². The van der Waals surface area contributed by atoms with Gasteiger partial charge >= 0.3 is 17.5 Å². The SMILES string of the molecule is CN(B(Cl)Cl)P(C(F)(F)F)C(F)(F)F. The van der Waals surface area contributed by atoms with Crippen molar-refractivity contribution in [2.75, 3.05) is 7.05 Å². The molecule has 0 atom stereocenters. The highest BCUT2D eigenvalue weighted by Gasteiger charge is 2.60. The lowest BCUT2D eigenvalue weighted by atomic mass is 10.4. The standard InChI is InChI=1S/C3H3BCl2F6NP/c1-13(4(5)6)14(2(7,8)9)3(10,11)12/h1H3. The fourth-order valence-electron chi connectivity index (χ4n) is 0.589. The molecule has 1 nitrogen and oxygen atoms in total. The largest absolute Gasteiger partial charge is 0.438 e. The van der Waals surface area contributed by atoms with Gasteiger partial charge in [-0.05, 0) is 7.05 Å². The molecule has 0 aromatic heterocycles. The first-order valence-electron chi connectivity index (χ1n) is 2.92. The molecule has 0 bridgehead atoms. The van der Waals surface area contributed by atoms with Crippen LogP contribution in [-0.2, 0) is 0 Å². The van der Waals surface area contributed by atoms with Gasteiger partial charge in [0.25, 0.3) is 0 Å². The molecule has 14 heavy (non-hydrogen) atoms. The molecule has 0 aliphatic heterocycles. The molecule has 0 rings (SSSR count). The number of alkyl halides is 6. The van der Waals surface area contributed by atoms with E-state index in [4.69, 9.17) is 22.9 Å². The molecule has 0 aliphatic rings. The number of rotatable bonds is 2. The Balaban J connectivity index is 4.94. The van der Waals surface area contributed by atoms with Crippen molar-refractivity contribution < 1.29 is 26.3 Å². The smallest absolute Gasteiger partial charge is 0.281 e. The minimum Gasteiger partial charge on any atom is -0.281 e. The number of nitrogens with zero attached hydrogens (tertiary/aromatic N) is 1. The summed E-state index contributed by atoms with van der Waals surface area (Å²) in [4.78, 5) is 0. The van der Waals surface area contributed by atoms with E-state index < -0.39 is 25.6 Å². The lowest BCUT2D eigenvalue weighted by Gasteiger charge is -2.30. The Labute approximate surface area is 87.1 Å². The molecular weight excluding hydrogens is 277 g/mol. The van der Waals surface area contributed by atoms with E-state index >= 15 is 0 Å². The predicted octanol–water partition coefficient (Wildman–Crippen LogP) is 3.82. The van der Waals surface area contributed by atoms with E-state index in [1.54, 1.807) is 0 Å². The molecular formula is C3H3BCl2F6NP. The van der Waals surface area contributed by atoms with E-state index in [9.17, 15) is 26.3 Å². The zero-order valence-corrected chi connectivity index (χ0v) is 8.90. The third-order valence-corrected chi connectivity index (χ3v) is 3.76. The van der Waals surface area contributed by atoms with Gasteiger partial charge in [0.2, 0.25) is 0 Å². The van der Waals surface area contributed by atoms with Gasteiger partial charge in [0.05, 0.1) is 0 Å². The van der Waals surface area contributed by atoms with Crippen LogP contribution in [0.3, 0.4) is 0 Å². The van der Waals surface area contributed by atoms with Gasteiger partial charge in [0.1, 0.15) is 0 Å². The summed E-state index contributed by atoms with van der Waals surface area (Å²) in [6.07, 6.45) is 0. The topological polar surface area (TPSA) is 3.24 Å². The summed E-state index contributed by atoms with van der Waals surface area (Å²) in [7, 11) is -3.81. The fourth-order valence-corrected chi connectivity index (χ4v) is 2.29. The lowest BCUT2D eigenvalue weighted by Crippen LogP contribution is -2.34. The molecule has 0 saturated carbocycles. The van der Waals surface area contributed by atoms with E-state index in [1.165, 1.54) is 0 Å². The third kappa shape index (κ3) is 4.00. The predicted molar refractivity (Wildman–Crippen MR) is 44.3 cm³/mol. The van der Waals surface area contributed by atoms with Gasteiger partial charge in [-0.3, -0.25) is 4.58 Å². The summed E-state index contributed by atoms with van der Waals surface area (Å²) in [6, 6.07) is 0. The molecule has 0 unspecified atom stereocenters. The maximum absolute atomic E-state index is 12.0. The average Bonchev–Trinajstić information content (AvgIpc) is 1.79. The second-order valence-electron chi connectivity index (χ2n) is 2.10. The van der Waals surface area contributed by atoms with Crippen LogP contribution in [-0.4, -0.2) is 29.1 Å². The summed E-state index contributed by atoms with van der Waals surface area (Å²) in [5.41, 5.74) is -1.86. The van der Waals surface area contributed by atoms with Gasteiger partial charge in [-0.2, -0.15) is 26.3 Å². The van der Waals surface area contributed by atoms with Gasteiger partial charge in [0, 0.05) is 0 Å². The lowest BCUT2D eigenvalue weighted by molar-refractivity contribution is -0.0879. The van der Waals surface area contributed by atoms with Crippen LogP contribution >= 0.6 is 31.0 Å². The Morgan fingerprint density at radius 2 is 1.29 bits per heavy atom. The van der Waals surface area contributed by atoms with Crippen molar-refractivity contribution in [2.45, 2.75) is 11.8 Å². The third-order valence-electron chi connectivity index (χ3n) is 1.08. The van der Waals surface area contributed by atoms with Crippen LogP contribution < -0.4 is 0 Å². The second-order valence-corrected chi connectivity index (χ2v) is 5.42. The monoisotopic (exact) mass is 279 g/mol. The van der Waals surface area contributed by atoms with Crippen molar-refractivity contribution in [1.29, 1.82) is 0 Å². The molecule has 84 valence electrons. The van der Waals surface area contributed by atoms with Crippen molar-refractivity contribution >= 4 is 36.7 Å². The molecule has 11 heteroatoms. The molecule has 0 radical (unpaired) electrons. The highest BCUT2D eigenvalue weighted by Crippen LogP contribution is 2.66. The Kier molecular flexibility index (Phi) is 4.84. The quantitative estimate of drug-likeness (QED) is 0.422. The highest BCUT2D eigenvalue weighted by atomic mass is 35.5. The Morgan fingerprint density at radius 1 is 1.00 bits per heavy atom. The first kappa shape index (κ1) is 14.6. The molecule has 0 fully saturated rings. The average molecular weight is 280 g/mol. The van der Waals surface area contributed by atoms with Crippen molar-refractivity contribution in [2.24, 2.45) is 0 Å². The first-order chi connectivity index (χ1) is 5.98. The Bertz CT molecular complexity index is 180. The Morgan fingerprint density at radius 3 is 1.36 bits per heavy atom. The van der Waals surface area contributed by atoms with E-state index in [0.717, 1.165) is 0 Å². The van der Waals surface area contributed by atoms with Crippen molar-refractivity contribution in [1.82, 2.24) is 4.58 Å². The van der Waals surface area contributed by atoms with Gasteiger partial charge in [-0.15, -0.1) is 22.9 Å². The molecule has 0 aliphatic carbocycles. The summed E-state index contributed by atoms with van der Waals surface area (Å²) in [6.45, 7) is 0. The maximum atomic E-state index is 12.0. The summed E-state index contributed by atoms with van der Waals surface area (Å²) >= 11 is 9.89. The molecule has 0 N–H and O–H groups in total. The van der Waals surface area contributed by atoms with Gasteiger partial charge in [-0.1, -0.05) is 0 Å². The van der Waals surface area contributed by atoms with Crippen molar-refractivity contribution in [3.8, 4) is 0 Å². The van der Waals surface area contributed by atoms with E-state index in [-0.39, 0.29) is 4.58 Å². The van der Waals surface area contributed by atoms with Crippen LogP contribution in [0.5, 0.6) is 0 Å². The summed E-state index contributed by atoms with van der Waals surface area (Å²) < 4.78 is 71.7. The number of hydrogen-bond donors (Lipinski definition) is 0. The summed E-state index contributed by atoms with van der Waals surface area (Å²) in [5.74, 6) is -10.8. The molecule has 0 amide bonds. The van der Waals surface area contributed by atoms with Crippen molar-refractivity contribution in [3.05, 3.63) is 0 Å². The fraction of sp³-hybridized carbons (Fsp3) is 1.00. The minimum absolute atomic E-state index is 0.154. The molecule has 0 aromatic carbocycles. The zero-order chi connectivity index (χ0) is 11.7. The van der Waals surface area contributed by atoms with Crippen LogP contribution in [0, 0.1) is 0 Å².